The average Bonchev–Trinajstić information content (AvgIpc) is 2.73. The predicted molar refractivity (Wildman–Crippen MR) is 114 cm³/mol. The van der Waals surface area contributed by atoms with E-state index in [1.54, 1.807) is 14.2 Å². The van der Waals surface area contributed by atoms with Crippen LogP contribution in [0.1, 0.15) is 24.5 Å². The van der Waals surface area contributed by atoms with E-state index < -0.39 is 0 Å². The fraction of sp³-hybridized carbons (Fsp3) is 0.409. The molecule has 0 spiro atoms. The van der Waals surface area contributed by atoms with E-state index >= 15 is 0 Å². The van der Waals surface area contributed by atoms with Crippen molar-refractivity contribution in [2.75, 3.05) is 39.3 Å². The predicted octanol–water partition coefficient (Wildman–Crippen LogP) is 3.83. The minimum absolute atomic E-state index is 0.614. The van der Waals surface area contributed by atoms with Crippen LogP contribution in [-0.2, 0) is 22.6 Å². The molecule has 0 amide bonds. The zero-order valence-corrected chi connectivity index (χ0v) is 17.0. The third-order valence-electron chi connectivity index (χ3n) is 4.11. The Hall–Kier alpha value is -2.57. The Kier molecular flexibility index (Phi) is 9.89. The van der Waals surface area contributed by atoms with Crippen molar-refractivity contribution < 1.29 is 14.2 Å². The lowest BCUT2D eigenvalue weighted by Gasteiger charge is -2.15. The lowest BCUT2D eigenvalue weighted by molar-refractivity contribution is 0.133. The fourth-order valence-corrected chi connectivity index (χ4v) is 2.63. The lowest BCUT2D eigenvalue weighted by atomic mass is 10.1. The third-order valence-corrected chi connectivity index (χ3v) is 4.11. The van der Waals surface area contributed by atoms with Gasteiger partial charge in [-0.3, -0.25) is 4.99 Å². The minimum Gasteiger partial charge on any atom is -0.493 e. The lowest BCUT2D eigenvalue weighted by Crippen LogP contribution is -2.30. The third kappa shape index (κ3) is 7.58. The summed E-state index contributed by atoms with van der Waals surface area (Å²) in [6, 6.07) is 16.1. The van der Waals surface area contributed by atoms with Gasteiger partial charge in [-0.15, -0.1) is 0 Å². The number of methoxy groups -OCH3 is 1. The molecule has 0 atom stereocenters. The summed E-state index contributed by atoms with van der Waals surface area (Å²) in [6.07, 6.45) is 0.860. The molecule has 0 aliphatic rings. The van der Waals surface area contributed by atoms with E-state index in [1.165, 1.54) is 11.1 Å². The standard InChI is InChI=1S/C22H31N3O3/c1-4-27-17-19-10-6-5-9-18(19)16-24-22(23-2)25-20-11-7-12-21(15-20)28-14-8-13-26-3/h5-7,9-12,15H,4,8,13-14,16-17H2,1-3H3,(H2,23,24,25). The summed E-state index contributed by atoms with van der Waals surface area (Å²) in [7, 11) is 3.45. The van der Waals surface area contributed by atoms with Crippen LogP contribution in [-0.4, -0.2) is 39.9 Å². The molecule has 2 aromatic rings. The highest BCUT2D eigenvalue weighted by atomic mass is 16.5. The van der Waals surface area contributed by atoms with Gasteiger partial charge in [-0.25, -0.2) is 0 Å². The number of aliphatic imine (C=N–C) groups is 1. The minimum atomic E-state index is 0.614. The summed E-state index contributed by atoms with van der Waals surface area (Å²) in [6.45, 7) is 5.30. The largest absolute Gasteiger partial charge is 0.493 e. The molecule has 2 aromatic carbocycles. The summed E-state index contributed by atoms with van der Waals surface area (Å²) < 4.78 is 16.3. The van der Waals surface area contributed by atoms with E-state index in [0.29, 0.717) is 38.9 Å². The average molecular weight is 386 g/mol. The molecule has 152 valence electrons. The first-order valence-electron chi connectivity index (χ1n) is 9.60. The van der Waals surface area contributed by atoms with Crippen LogP contribution in [0, 0.1) is 0 Å². The second kappa shape index (κ2) is 12.8. The van der Waals surface area contributed by atoms with Gasteiger partial charge in [0.25, 0.3) is 0 Å². The zero-order chi connectivity index (χ0) is 20.0. The molecule has 0 radical (unpaired) electrons. The maximum absolute atomic E-state index is 5.75. The van der Waals surface area contributed by atoms with Crippen molar-refractivity contribution >= 4 is 11.6 Å². The summed E-state index contributed by atoms with van der Waals surface area (Å²) in [5.41, 5.74) is 3.29. The maximum Gasteiger partial charge on any atom is 0.195 e. The Morgan fingerprint density at radius 2 is 1.86 bits per heavy atom. The number of hydrogen-bond donors (Lipinski definition) is 2. The molecule has 0 aliphatic heterocycles. The molecular weight excluding hydrogens is 354 g/mol. The van der Waals surface area contributed by atoms with Gasteiger partial charge in [0.15, 0.2) is 5.96 Å². The number of hydrogen-bond acceptors (Lipinski definition) is 4. The Bertz CT molecular complexity index is 734. The van der Waals surface area contributed by atoms with Gasteiger partial charge in [0.05, 0.1) is 13.2 Å². The van der Waals surface area contributed by atoms with Crippen LogP contribution in [0.4, 0.5) is 5.69 Å². The molecule has 28 heavy (non-hydrogen) atoms. The van der Waals surface area contributed by atoms with Crippen LogP contribution < -0.4 is 15.4 Å². The second-order valence-electron chi connectivity index (χ2n) is 6.18. The number of ether oxygens (including phenoxy) is 3. The van der Waals surface area contributed by atoms with Crippen LogP contribution in [0.5, 0.6) is 5.75 Å². The zero-order valence-electron chi connectivity index (χ0n) is 17.0. The smallest absolute Gasteiger partial charge is 0.195 e. The van der Waals surface area contributed by atoms with Crippen molar-refractivity contribution in [3.63, 3.8) is 0 Å². The molecule has 2 N–H and O–H groups in total. The van der Waals surface area contributed by atoms with Gasteiger partial charge < -0.3 is 24.8 Å². The van der Waals surface area contributed by atoms with E-state index in [1.807, 2.05) is 43.3 Å². The van der Waals surface area contributed by atoms with E-state index in [4.69, 9.17) is 14.2 Å². The second-order valence-corrected chi connectivity index (χ2v) is 6.18. The topological polar surface area (TPSA) is 64.1 Å². The summed E-state index contributed by atoms with van der Waals surface area (Å²) >= 11 is 0. The highest BCUT2D eigenvalue weighted by molar-refractivity contribution is 5.93. The molecular formula is C22H31N3O3. The van der Waals surface area contributed by atoms with Crippen LogP contribution in [0.25, 0.3) is 0 Å². The van der Waals surface area contributed by atoms with Crippen LogP contribution in [0.3, 0.4) is 0 Å². The highest BCUT2D eigenvalue weighted by Crippen LogP contribution is 2.17. The first kappa shape index (κ1) is 21.7. The molecule has 0 aromatic heterocycles. The van der Waals surface area contributed by atoms with E-state index in [0.717, 1.165) is 17.9 Å². The van der Waals surface area contributed by atoms with Gasteiger partial charge in [-0.1, -0.05) is 30.3 Å². The maximum atomic E-state index is 5.75. The van der Waals surface area contributed by atoms with E-state index in [2.05, 4.69) is 27.8 Å². The molecule has 6 nitrogen and oxygen atoms in total. The van der Waals surface area contributed by atoms with Gasteiger partial charge in [0.1, 0.15) is 5.75 Å². The molecule has 6 heteroatoms. The molecule has 0 unspecified atom stereocenters. The van der Waals surface area contributed by atoms with Gasteiger partial charge in [-0.2, -0.15) is 0 Å². The molecule has 0 bridgehead atoms. The SMILES string of the molecule is CCOCc1ccccc1CNC(=NC)Nc1cccc(OCCCOC)c1. The van der Waals surface area contributed by atoms with E-state index in [9.17, 15) is 0 Å². The van der Waals surface area contributed by atoms with Crippen molar-refractivity contribution in [2.45, 2.75) is 26.5 Å². The molecule has 2 rings (SSSR count). The van der Waals surface area contributed by atoms with Crippen molar-refractivity contribution in [3.8, 4) is 5.75 Å². The molecule has 0 heterocycles. The van der Waals surface area contributed by atoms with Crippen molar-refractivity contribution in [1.82, 2.24) is 5.32 Å². The summed E-state index contributed by atoms with van der Waals surface area (Å²) in [5, 5.41) is 6.66. The number of rotatable bonds is 11. The fourth-order valence-electron chi connectivity index (χ4n) is 2.63. The Morgan fingerprint density at radius 3 is 2.61 bits per heavy atom. The molecule has 0 aliphatic carbocycles. The first-order chi connectivity index (χ1) is 13.8. The normalized spacial score (nSPS) is 11.3. The molecule has 0 fully saturated rings. The van der Waals surface area contributed by atoms with Crippen LogP contribution >= 0.6 is 0 Å². The van der Waals surface area contributed by atoms with Crippen LogP contribution in [0.2, 0.25) is 0 Å². The Balaban J connectivity index is 1.91. The first-order valence-corrected chi connectivity index (χ1v) is 9.60. The molecule has 0 saturated heterocycles. The Labute approximate surface area is 167 Å². The number of nitrogens with zero attached hydrogens (tertiary/aromatic N) is 1. The monoisotopic (exact) mass is 385 g/mol. The Morgan fingerprint density at radius 1 is 1.04 bits per heavy atom. The number of nitrogens with one attached hydrogen (secondary N) is 2. The quantitative estimate of drug-likeness (QED) is 0.350. The van der Waals surface area contributed by atoms with Gasteiger partial charge >= 0.3 is 0 Å². The van der Waals surface area contributed by atoms with Gasteiger partial charge in [0, 0.05) is 52.1 Å². The van der Waals surface area contributed by atoms with Crippen molar-refractivity contribution in [2.24, 2.45) is 4.99 Å². The highest BCUT2D eigenvalue weighted by Gasteiger charge is 2.05. The number of benzene rings is 2. The van der Waals surface area contributed by atoms with Gasteiger partial charge in [-0.05, 0) is 30.2 Å². The molecule has 0 saturated carbocycles. The summed E-state index contributed by atoms with van der Waals surface area (Å²) in [4.78, 5) is 4.31. The number of guanidine groups is 1. The van der Waals surface area contributed by atoms with Crippen LogP contribution in [0.15, 0.2) is 53.5 Å². The van der Waals surface area contributed by atoms with Crippen molar-refractivity contribution in [1.29, 1.82) is 0 Å². The summed E-state index contributed by atoms with van der Waals surface area (Å²) in [5.74, 6) is 1.52. The van der Waals surface area contributed by atoms with Crippen molar-refractivity contribution in [3.05, 3.63) is 59.7 Å². The number of anilines is 1. The van der Waals surface area contributed by atoms with Gasteiger partial charge in [0.2, 0.25) is 0 Å². The van der Waals surface area contributed by atoms with E-state index in [-0.39, 0.29) is 0 Å².